The summed E-state index contributed by atoms with van der Waals surface area (Å²) in [5.74, 6) is -1.97. The molecular weight excluding hydrogens is 1050 g/mol. The molecule has 0 aromatic rings. The van der Waals surface area contributed by atoms with Crippen molar-refractivity contribution in [3.63, 3.8) is 0 Å². The number of ether oxygens (including phenoxy) is 4. The Morgan fingerprint density at radius 3 is 1.00 bits per heavy atom. The average Bonchev–Trinajstić information content (AvgIpc) is 3.48. The molecule has 1 N–H and O–H groups in total. The van der Waals surface area contributed by atoms with Gasteiger partial charge in [-0.05, 0) is 51.4 Å². The molecule has 0 rings (SSSR count). The van der Waals surface area contributed by atoms with Crippen molar-refractivity contribution >= 4 is 17.9 Å². The Hall–Kier alpha value is -2.75. The quantitative estimate of drug-likeness (QED) is 0.0211. The second-order valence-corrected chi connectivity index (χ2v) is 26.2. The number of carbonyl (C=O) groups is 3. The fraction of sp³-hybridized carbons (Fsp3) is 0.855. The van der Waals surface area contributed by atoms with Gasteiger partial charge in [0.2, 0.25) is 0 Å². The topological polar surface area (TPSA) is 108 Å². The molecule has 0 amide bonds. The predicted molar refractivity (Wildman–Crippen MR) is 364 cm³/mol. The predicted octanol–water partition coefficient (Wildman–Crippen LogP) is 22.9. The van der Waals surface area contributed by atoms with Gasteiger partial charge in [0.05, 0.1) is 34.4 Å². The summed E-state index contributed by atoms with van der Waals surface area (Å²) in [6.07, 6.45) is 83.9. The summed E-state index contributed by atoms with van der Waals surface area (Å²) in [6, 6.07) is 0. The molecule has 0 heterocycles. The van der Waals surface area contributed by atoms with Gasteiger partial charge < -0.3 is 28.5 Å². The number of carboxylic acids is 1. The highest BCUT2D eigenvalue weighted by Gasteiger charge is 2.25. The van der Waals surface area contributed by atoms with Crippen molar-refractivity contribution < 1.29 is 42.9 Å². The number of carboxylic acid groups (broad SMARTS) is 1. The van der Waals surface area contributed by atoms with Crippen molar-refractivity contribution in [1.29, 1.82) is 0 Å². The third-order valence-electron chi connectivity index (χ3n) is 16.6. The number of unbranched alkanes of at least 4 members (excludes halogenated alkanes) is 46. The molecule has 0 aromatic carbocycles. The molecule has 0 saturated heterocycles. The van der Waals surface area contributed by atoms with Crippen LogP contribution in [0.1, 0.15) is 361 Å². The van der Waals surface area contributed by atoms with E-state index in [1.165, 1.54) is 270 Å². The first kappa shape index (κ1) is 82.2. The van der Waals surface area contributed by atoms with Gasteiger partial charge in [0.25, 0.3) is 6.29 Å². The number of rotatable bonds is 69. The molecular formula is C76H142NO8+. The summed E-state index contributed by atoms with van der Waals surface area (Å²) in [6.45, 7) is 4.84. The van der Waals surface area contributed by atoms with Crippen LogP contribution in [0.25, 0.3) is 0 Å². The number of quaternary nitrogens is 1. The maximum Gasteiger partial charge on any atom is 0.361 e. The maximum atomic E-state index is 13.0. The lowest BCUT2D eigenvalue weighted by molar-refractivity contribution is -0.870. The molecule has 9 nitrogen and oxygen atoms in total. The van der Waals surface area contributed by atoms with E-state index in [-0.39, 0.29) is 38.2 Å². The molecule has 2 atom stereocenters. The van der Waals surface area contributed by atoms with Crippen LogP contribution >= 0.6 is 0 Å². The van der Waals surface area contributed by atoms with Crippen LogP contribution in [-0.4, -0.2) is 87.4 Å². The monoisotopic (exact) mass is 1200 g/mol. The normalized spacial score (nSPS) is 12.9. The summed E-state index contributed by atoms with van der Waals surface area (Å²) >= 11 is 0. The molecule has 0 fully saturated rings. The Morgan fingerprint density at radius 1 is 0.365 bits per heavy atom. The Morgan fingerprint density at radius 2 is 0.671 bits per heavy atom. The van der Waals surface area contributed by atoms with Gasteiger partial charge in [-0.1, -0.05) is 345 Å². The molecule has 0 saturated carbocycles. The van der Waals surface area contributed by atoms with Gasteiger partial charge in [-0.15, -0.1) is 0 Å². The summed E-state index contributed by atoms with van der Waals surface area (Å²) in [4.78, 5) is 37.7. The van der Waals surface area contributed by atoms with Crippen LogP contribution in [0.4, 0.5) is 0 Å². The minimum atomic E-state index is -1.51. The summed E-state index contributed by atoms with van der Waals surface area (Å²) < 4.78 is 23.0. The average molecular weight is 1200 g/mol. The number of likely N-dealkylation sites (N-methyl/N-ethyl adjacent to an activating group) is 1. The van der Waals surface area contributed by atoms with Crippen LogP contribution in [0.2, 0.25) is 0 Å². The number of hydrogen-bond donors (Lipinski definition) is 1. The van der Waals surface area contributed by atoms with Gasteiger partial charge in [0.1, 0.15) is 13.2 Å². The van der Waals surface area contributed by atoms with E-state index < -0.39 is 18.4 Å². The highest BCUT2D eigenvalue weighted by molar-refractivity contribution is 5.71. The Balaban J connectivity index is 4.01. The summed E-state index contributed by atoms with van der Waals surface area (Å²) in [5.41, 5.74) is 0. The van der Waals surface area contributed by atoms with E-state index in [1.54, 1.807) is 0 Å². The maximum absolute atomic E-state index is 13.0. The zero-order valence-electron chi connectivity index (χ0n) is 57.0. The zero-order chi connectivity index (χ0) is 61.9. The minimum Gasteiger partial charge on any atom is -0.477 e. The van der Waals surface area contributed by atoms with Gasteiger partial charge in [-0.25, -0.2) is 4.79 Å². The lowest BCUT2D eigenvalue weighted by Crippen LogP contribution is -2.40. The molecule has 0 aliphatic carbocycles. The molecule has 0 aliphatic rings. The molecule has 85 heavy (non-hydrogen) atoms. The number of esters is 2. The standard InChI is InChI=1S/C76H141NO8/c1-6-8-10-12-14-16-18-20-22-24-26-28-30-32-33-34-35-36-37-38-39-40-41-43-45-47-49-51-53-55-57-59-61-63-65-67-74(79)85-72(71-84-76(75(80)81)82-69-68-77(3,4)5)70-83-73(78)66-64-62-60-58-56-54-52-50-48-46-44-42-31-29-27-25-23-21-19-17-15-13-11-9-7-2/h8,10,14,16,20,22,26,28,72,76H,6-7,9,11-13,15,17-19,21,23-25,27,29-71H2,1-5H3/p+1/b10-8-,16-14-,22-20-,28-26-. The van der Waals surface area contributed by atoms with Crippen molar-refractivity contribution in [3.05, 3.63) is 48.6 Å². The number of hydrogen-bond acceptors (Lipinski definition) is 7. The second-order valence-electron chi connectivity index (χ2n) is 26.2. The van der Waals surface area contributed by atoms with Crippen molar-refractivity contribution in [3.8, 4) is 0 Å². The first-order valence-corrected chi connectivity index (χ1v) is 36.8. The number of allylic oxidation sites excluding steroid dienone is 8. The zero-order valence-corrected chi connectivity index (χ0v) is 57.0. The van der Waals surface area contributed by atoms with Crippen molar-refractivity contribution in [2.75, 3.05) is 47.5 Å². The third-order valence-corrected chi connectivity index (χ3v) is 16.6. The molecule has 0 spiro atoms. The van der Waals surface area contributed by atoms with Crippen molar-refractivity contribution in [2.24, 2.45) is 0 Å². The van der Waals surface area contributed by atoms with Gasteiger partial charge in [-0.2, -0.15) is 0 Å². The lowest BCUT2D eigenvalue weighted by Gasteiger charge is -2.25. The molecule has 0 aromatic heterocycles. The van der Waals surface area contributed by atoms with E-state index >= 15 is 0 Å². The molecule has 2 unspecified atom stereocenters. The number of aliphatic carboxylic acids is 1. The van der Waals surface area contributed by atoms with Crippen LogP contribution in [0.5, 0.6) is 0 Å². The molecule has 0 bridgehead atoms. The van der Waals surface area contributed by atoms with Gasteiger partial charge in [-0.3, -0.25) is 9.59 Å². The molecule has 498 valence electrons. The number of carbonyl (C=O) groups excluding carboxylic acids is 2. The van der Waals surface area contributed by atoms with E-state index in [0.29, 0.717) is 17.4 Å². The highest BCUT2D eigenvalue weighted by atomic mass is 16.7. The molecule has 0 radical (unpaired) electrons. The SMILES string of the molecule is CC/C=C\C/C=C\C/C=C\C/C=C\CCCCCCCCCCCCCCCCCCCCCCCCC(=O)OC(COC(=O)CCCCCCCCCCCCCCCCCCCCCCCCCCC)COC(OCC[N+](C)(C)C)C(=O)O. The van der Waals surface area contributed by atoms with Crippen LogP contribution in [0, 0.1) is 0 Å². The van der Waals surface area contributed by atoms with Gasteiger partial charge in [0, 0.05) is 12.8 Å². The third kappa shape index (κ3) is 68.6. The first-order chi connectivity index (χ1) is 41.6. The number of nitrogens with zero attached hydrogens (tertiary/aromatic N) is 1. The Kier molecular flexibility index (Phi) is 65.0. The van der Waals surface area contributed by atoms with Crippen LogP contribution < -0.4 is 0 Å². The van der Waals surface area contributed by atoms with E-state index in [0.717, 1.165) is 64.2 Å². The van der Waals surface area contributed by atoms with Crippen molar-refractivity contribution in [2.45, 2.75) is 373 Å². The summed E-state index contributed by atoms with van der Waals surface area (Å²) in [7, 11) is 5.99. The van der Waals surface area contributed by atoms with Crippen LogP contribution in [-0.2, 0) is 33.3 Å². The second kappa shape index (κ2) is 67.2. The Bertz CT molecular complexity index is 1530. The van der Waals surface area contributed by atoms with Gasteiger partial charge in [0.15, 0.2) is 6.10 Å². The van der Waals surface area contributed by atoms with Crippen molar-refractivity contribution in [1.82, 2.24) is 0 Å². The fourth-order valence-corrected chi connectivity index (χ4v) is 11.0. The molecule has 0 aliphatic heterocycles. The fourth-order valence-electron chi connectivity index (χ4n) is 11.0. The van der Waals surface area contributed by atoms with E-state index in [4.69, 9.17) is 18.9 Å². The Labute approximate surface area is 527 Å². The van der Waals surface area contributed by atoms with Crippen LogP contribution in [0.15, 0.2) is 48.6 Å². The smallest absolute Gasteiger partial charge is 0.361 e. The van der Waals surface area contributed by atoms with Crippen LogP contribution in [0.3, 0.4) is 0 Å². The minimum absolute atomic E-state index is 0.175. The summed E-state index contributed by atoms with van der Waals surface area (Å²) in [5, 5.41) is 9.75. The van der Waals surface area contributed by atoms with E-state index in [1.807, 2.05) is 21.1 Å². The molecule has 9 heteroatoms. The van der Waals surface area contributed by atoms with Gasteiger partial charge >= 0.3 is 17.9 Å². The lowest BCUT2D eigenvalue weighted by atomic mass is 10.0. The largest absolute Gasteiger partial charge is 0.477 e. The van der Waals surface area contributed by atoms with E-state index in [2.05, 4.69) is 62.5 Å². The highest BCUT2D eigenvalue weighted by Crippen LogP contribution is 2.19. The van der Waals surface area contributed by atoms with E-state index in [9.17, 15) is 19.5 Å². The first-order valence-electron chi connectivity index (χ1n) is 36.8.